The van der Waals surface area contributed by atoms with Gasteiger partial charge in [-0.05, 0) is 72.8 Å². The molecule has 0 unspecified atom stereocenters. The Morgan fingerprint density at radius 3 is 2.39 bits per heavy atom. The summed E-state index contributed by atoms with van der Waals surface area (Å²) in [4.78, 5) is 37.5. The van der Waals surface area contributed by atoms with Crippen LogP contribution in [0.4, 0.5) is 16.2 Å². The maximum atomic E-state index is 12.9. The summed E-state index contributed by atoms with van der Waals surface area (Å²) in [5.74, 6) is -0.296. The number of nitro benzene ring substituents is 1. The number of nitrogens with zero attached hydrogens (tertiary/aromatic N) is 2. The van der Waals surface area contributed by atoms with Crippen LogP contribution in [0, 0.1) is 22.5 Å². The van der Waals surface area contributed by atoms with Gasteiger partial charge in [0.1, 0.15) is 0 Å². The maximum Gasteiger partial charge on any atom is 0.293 e. The van der Waals surface area contributed by atoms with Crippen molar-refractivity contribution in [2.75, 3.05) is 11.3 Å². The Morgan fingerprint density at radius 2 is 1.78 bits per heavy atom. The number of sulfonamides is 1. The van der Waals surface area contributed by atoms with Crippen molar-refractivity contribution in [1.29, 1.82) is 0 Å². The van der Waals surface area contributed by atoms with Crippen molar-refractivity contribution >= 4 is 50.4 Å². The predicted molar refractivity (Wildman–Crippen MR) is 139 cm³/mol. The summed E-state index contributed by atoms with van der Waals surface area (Å²) in [7, 11) is -3.95. The fourth-order valence-electron chi connectivity index (χ4n) is 4.59. The van der Waals surface area contributed by atoms with E-state index in [9.17, 15) is 28.1 Å². The second kappa shape index (κ2) is 10.1. The number of imide groups is 1. The Kier molecular flexibility index (Phi) is 7.24. The van der Waals surface area contributed by atoms with Crippen LogP contribution in [0.5, 0.6) is 0 Å². The molecule has 2 aliphatic rings. The Balaban J connectivity index is 1.45. The third-order valence-electron chi connectivity index (χ3n) is 6.61. The van der Waals surface area contributed by atoms with Crippen LogP contribution in [0.2, 0.25) is 0 Å². The van der Waals surface area contributed by atoms with Crippen molar-refractivity contribution in [1.82, 2.24) is 4.90 Å². The lowest BCUT2D eigenvalue weighted by atomic mass is 9.75. The highest BCUT2D eigenvalue weighted by molar-refractivity contribution is 8.18. The van der Waals surface area contributed by atoms with Crippen molar-refractivity contribution in [3.05, 3.63) is 68.6 Å². The number of rotatable bonds is 7. The number of benzene rings is 2. The van der Waals surface area contributed by atoms with Gasteiger partial charge in [-0.1, -0.05) is 38.3 Å². The topological polar surface area (TPSA) is 127 Å². The first kappa shape index (κ1) is 25.9. The Labute approximate surface area is 214 Å². The van der Waals surface area contributed by atoms with E-state index in [1.807, 2.05) is 0 Å². The molecule has 1 aliphatic carbocycles. The number of carbonyl (C=O) groups is 2. The number of nitro groups is 1. The smallest absolute Gasteiger partial charge is 0.280 e. The van der Waals surface area contributed by atoms with Gasteiger partial charge in [-0.2, -0.15) is 0 Å². The number of anilines is 1. The van der Waals surface area contributed by atoms with Gasteiger partial charge in [-0.15, -0.1) is 0 Å². The van der Waals surface area contributed by atoms with E-state index >= 15 is 0 Å². The number of hydrogen-bond acceptors (Lipinski definition) is 7. The highest BCUT2D eigenvalue weighted by Crippen LogP contribution is 2.40. The van der Waals surface area contributed by atoms with Crippen LogP contribution in [-0.2, 0) is 14.8 Å². The molecule has 190 valence electrons. The highest BCUT2D eigenvalue weighted by atomic mass is 32.2. The van der Waals surface area contributed by atoms with Crippen LogP contribution in [-0.4, -0.2) is 35.9 Å². The number of hydrogen-bond donors (Lipinski definition) is 1. The predicted octanol–water partition coefficient (Wildman–Crippen LogP) is 5.71. The van der Waals surface area contributed by atoms with E-state index in [4.69, 9.17) is 0 Å². The zero-order valence-electron chi connectivity index (χ0n) is 20.0. The monoisotopic (exact) mass is 529 g/mol. The summed E-state index contributed by atoms with van der Waals surface area (Å²) in [5, 5.41) is 10.7. The zero-order valence-corrected chi connectivity index (χ0v) is 21.7. The normalized spacial score (nSPS) is 19.1. The van der Waals surface area contributed by atoms with Gasteiger partial charge in [0, 0.05) is 23.9 Å². The molecule has 2 aromatic carbocycles. The lowest BCUT2D eigenvalue weighted by molar-refractivity contribution is -0.385. The van der Waals surface area contributed by atoms with E-state index < -0.39 is 14.9 Å². The van der Waals surface area contributed by atoms with E-state index in [-0.39, 0.29) is 32.7 Å². The van der Waals surface area contributed by atoms with Crippen molar-refractivity contribution in [2.45, 2.75) is 50.8 Å². The third-order valence-corrected chi connectivity index (χ3v) is 8.90. The fourth-order valence-corrected chi connectivity index (χ4v) is 6.58. The Hall–Kier alpha value is -3.18. The first-order valence-electron chi connectivity index (χ1n) is 11.6. The van der Waals surface area contributed by atoms with Crippen LogP contribution in [0.3, 0.4) is 0 Å². The summed E-state index contributed by atoms with van der Waals surface area (Å²) in [6.07, 6.45) is 7.06. The Morgan fingerprint density at radius 1 is 1.11 bits per heavy atom. The van der Waals surface area contributed by atoms with Gasteiger partial charge in [-0.3, -0.25) is 29.3 Å². The van der Waals surface area contributed by atoms with Crippen LogP contribution in [0.25, 0.3) is 6.08 Å². The van der Waals surface area contributed by atoms with Gasteiger partial charge < -0.3 is 0 Å². The van der Waals surface area contributed by atoms with Gasteiger partial charge in [0.2, 0.25) is 0 Å². The van der Waals surface area contributed by atoms with Crippen molar-refractivity contribution < 1.29 is 22.9 Å². The van der Waals surface area contributed by atoms with Crippen molar-refractivity contribution in [3.63, 3.8) is 0 Å². The lowest BCUT2D eigenvalue weighted by Crippen LogP contribution is -2.39. The van der Waals surface area contributed by atoms with Gasteiger partial charge in [0.25, 0.3) is 26.9 Å². The molecule has 2 fully saturated rings. The van der Waals surface area contributed by atoms with Gasteiger partial charge >= 0.3 is 0 Å². The molecule has 9 nitrogen and oxygen atoms in total. The molecular formula is C25H27N3O6S2. The summed E-state index contributed by atoms with van der Waals surface area (Å²) in [6, 6.07) is 9.99. The largest absolute Gasteiger partial charge is 0.293 e. The molecule has 1 saturated carbocycles. The standard InChI is InChI=1S/C25H27N3O6S2/c1-17-14-20(10-11-21(17)28(31)32)36(33,34)26-19-8-6-18(7-9-19)15-22-23(29)27(24(30)35-22)16-25(2)12-4-3-5-13-25/h6-11,14-15,26H,3-5,12-13,16H2,1-2H3/b22-15-. The molecule has 0 bridgehead atoms. The van der Waals surface area contributed by atoms with Gasteiger partial charge in [0.05, 0.1) is 14.7 Å². The minimum atomic E-state index is -3.95. The minimum Gasteiger partial charge on any atom is -0.280 e. The van der Waals surface area contributed by atoms with Gasteiger partial charge in [-0.25, -0.2) is 8.42 Å². The molecule has 2 amide bonds. The third kappa shape index (κ3) is 5.62. The summed E-state index contributed by atoms with van der Waals surface area (Å²) in [6.45, 7) is 4.04. The SMILES string of the molecule is Cc1cc(S(=O)(=O)Nc2ccc(/C=C3\SC(=O)N(CC4(C)CCCCC4)C3=O)cc2)ccc1[N+](=O)[O-]. The quantitative estimate of drug-likeness (QED) is 0.276. The first-order chi connectivity index (χ1) is 17.0. The van der Waals surface area contributed by atoms with Crippen LogP contribution >= 0.6 is 11.8 Å². The van der Waals surface area contributed by atoms with Gasteiger partial charge in [0.15, 0.2) is 0 Å². The second-order valence-electron chi connectivity index (χ2n) is 9.57. The molecule has 0 radical (unpaired) electrons. The van der Waals surface area contributed by atoms with Crippen molar-refractivity contribution in [3.8, 4) is 0 Å². The minimum absolute atomic E-state index is 0.0411. The molecule has 1 N–H and O–H groups in total. The number of carbonyl (C=O) groups excluding carboxylic acids is 2. The molecule has 36 heavy (non-hydrogen) atoms. The van der Waals surface area contributed by atoms with Crippen molar-refractivity contribution in [2.24, 2.45) is 5.41 Å². The second-order valence-corrected chi connectivity index (χ2v) is 12.2. The average Bonchev–Trinajstić information content (AvgIpc) is 3.07. The molecule has 0 spiro atoms. The molecule has 1 heterocycles. The fraction of sp³-hybridized carbons (Fsp3) is 0.360. The Bertz CT molecular complexity index is 1350. The first-order valence-corrected chi connectivity index (χ1v) is 13.9. The zero-order chi connectivity index (χ0) is 26.1. The molecular weight excluding hydrogens is 502 g/mol. The summed E-state index contributed by atoms with van der Waals surface area (Å²) >= 11 is 0.919. The van der Waals surface area contributed by atoms with E-state index in [1.54, 1.807) is 30.3 Å². The number of thioether (sulfide) groups is 1. The lowest BCUT2D eigenvalue weighted by Gasteiger charge is -2.35. The number of amides is 2. The molecule has 1 saturated heterocycles. The van der Waals surface area contributed by atoms with E-state index in [1.165, 1.54) is 30.4 Å². The number of aryl methyl sites for hydroxylation is 1. The molecule has 0 aromatic heterocycles. The van der Waals surface area contributed by atoms with Crippen LogP contribution < -0.4 is 4.72 Å². The van der Waals surface area contributed by atoms with Crippen LogP contribution in [0.15, 0.2) is 52.3 Å². The average molecular weight is 530 g/mol. The number of nitrogens with one attached hydrogen (secondary N) is 1. The molecule has 2 aromatic rings. The summed E-state index contributed by atoms with van der Waals surface area (Å²) < 4.78 is 27.9. The molecule has 4 rings (SSSR count). The maximum absolute atomic E-state index is 12.9. The molecule has 1 aliphatic heterocycles. The van der Waals surface area contributed by atoms with E-state index in [2.05, 4.69) is 11.6 Å². The van der Waals surface area contributed by atoms with Crippen LogP contribution in [0.1, 0.15) is 50.2 Å². The molecule has 0 atom stereocenters. The summed E-state index contributed by atoms with van der Waals surface area (Å²) in [5.41, 5.74) is 0.987. The van der Waals surface area contributed by atoms with E-state index in [0.717, 1.165) is 43.5 Å². The van der Waals surface area contributed by atoms with E-state index in [0.29, 0.717) is 22.7 Å². The molecule has 11 heteroatoms. The highest BCUT2D eigenvalue weighted by Gasteiger charge is 2.40.